The van der Waals surface area contributed by atoms with Crippen molar-refractivity contribution in [1.82, 2.24) is 4.98 Å². The number of nitrogens with zero attached hydrogens (tertiary/aromatic N) is 1. The van der Waals surface area contributed by atoms with Crippen molar-refractivity contribution in [3.63, 3.8) is 0 Å². The van der Waals surface area contributed by atoms with E-state index in [9.17, 15) is 0 Å². The predicted octanol–water partition coefficient (Wildman–Crippen LogP) is 2.84. The minimum Gasteiger partial charge on any atom is -0.495 e. The Morgan fingerprint density at radius 3 is 2.76 bits per heavy atom. The number of hydrogen-bond acceptors (Lipinski definition) is 3. The van der Waals surface area contributed by atoms with Crippen LogP contribution in [0.2, 0.25) is 0 Å². The highest BCUT2D eigenvalue weighted by Gasteiger charge is 2.40. The Morgan fingerprint density at radius 1 is 1.35 bits per heavy atom. The zero-order chi connectivity index (χ0) is 12.5. The molecule has 3 nitrogen and oxygen atoms in total. The highest BCUT2D eigenvalue weighted by Crippen LogP contribution is 2.45. The molecule has 0 amide bonds. The molecule has 94 valence electrons. The summed E-state index contributed by atoms with van der Waals surface area (Å²) in [5.74, 6) is 0.813. The van der Waals surface area contributed by atoms with E-state index in [1.165, 1.54) is 6.42 Å². The molecule has 2 N–H and O–H groups in total. The van der Waals surface area contributed by atoms with E-state index in [0.717, 1.165) is 30.7 Å². The monoisotopic (exact) mass is 234 g/mol. The van der Waals surface area contributed by atoms with Crippen LogP contribution in [0, 0.1) is 5.41 Å². The summed E-state index contributed by atoms with van der Waals surface area (Å²) in [5, 5.41) is 0. The van der Waals surface area contributed by atoms with Crippen LogP contribution in [0.15, 0.2) is 18.3 Å². The molecule has 0 radical (unpaired) electrons. The van der Waals surface area contributed by atoms with Crippen molar-refractivity contribution in [1.29, 1.82) is 0 Å². The summed E-state index contributed by atoms with van der Waals surface area (Å²) in [6.45, 7) is 4.56. The highest BCUT2D eigenvalue weighted by atomic mass is 16.5. The number of methoxy groups -OCH3 is 1. The molecule has 0 saturated heterocycles. The summed E-state index contributed by atoms with van der Waals surface area (Å²) >= 11 is 0. The van der Waals surface area contributed by atoms with Crippen LogP contribution in [-0.2, 0) is 5.54 Å². The second-order valence-corrected chi connectivity index (χ2v) is 5.90. The van der Waals surface area contributed by atoms with Crippen LogP contribution < -0.4 is 10.5 Å². The third kappa shape index (κ3) is 2.44. The van der Waals surface area contributed by atoms with Crippen molar-refractivity contribution in [2.24, 2.45) is 11.1 Å². The molecular weight excluding hydrogens is 212 g/mol. The molecule has 0 spiro atoms. The quantitative estimate of drug-likeness (QED) is 0.856. The number of hydrogen-bond donors (Lipinski definition) is 1. The summed E-state index contributed by atoms with van der Waals surface area (Å²) in [7, 11) is 1.68. The smallest absolute Gasteiger partial charge is 0.142 e. The van der Waals surface area contributed by atoms with Gasteiger partial charge in [0, 0.05) is 6.20 Å². The van der Waals surface area contributed by atoms with E-state index in [-0.39, 0.29) is 11.0 Å². The Bertz CT molecular complexity index is 403. The van der Waals surface area contributed by atoms with Gasteiger partial charge in [0.25, 0.3) is 0 Å². The van der Waals surface area contributed by atoms with Gasteiger partial charge in [-0.1, -0.05) is 20.3 Å². The first-order valence-corrected chi connectivity index (χ1v) is 6.25. The zero-order valence-electron chi connectivity index (χ0n) is 11.0. The number of rotatable bonds is 2. The average Bonchev–Trinajstić information content (AvgIpc) is 2.27. The average molecular weight is 234 g/mol. The fourth-order valence-electron chi connectivity index (χ4n) is 3.04. The molecule has 1 unspecified atom stereocenters. The second kappa shape index (κ2) is 4.30. The van der Waals surface area contributed by atoms with Gasteiger partial charge >= 0.3 is 0 Å². The Morgan fingerprint density at radius 2 is 2.12 bits per heavy atom. The highest BCUT2D eigenvalue weighted by molar-refractivity contribution is 5.33. The Balaban J connectivity index is 2.37. The largest absolute Gasteiger partial charge is 0.495 e. The van der Waals surface area contributed by atoms with E-state index in [4.69, 9.17) is 10.5 Å². The molecule has 3 heteroatoms. The van der Waals surface area contributed by atoms with Crippen molar-refractivity contribution in [2.75, 3.05) is 7.11 Å². The van der Waals surface area contributed by atoms with Gasteiger partial charge in [-0.2, -0.15) is 0 Å². The van der Waals surface area contributed by atoms with Crippen LogP contribution in [0.25, 0.3) is 0 Å². The minimum atomic E-state index is -0.339. The summed E-state index contributed by atoms with van der Waals surface area (Å²) in [5.41, 5.74) is 7.45. The van der Waals surface area contributed by atoms with E-state index >= 15 is 0 Å². The topological polar surface area (TPSA) is 48.1 Å². The lowest BCUT2D eigenvalue weighted by molar-refractivity contribution is 0.145. The van der Waals surface area contributed by atoms with Crippen LogP contribution >= 0.6 is 0 Å². The molecule has 1 aliphatic carbocycles. The van der Waals surface area contributed by atoms with Gasteiger partial charge in [-0.25, -0.2) is 0 Å². The van der Waals surface area contributed by atoms with Crippen LogP contribution in [0.4, 0.5) is 0 Å². The lowest BCUT2D eigenvalue weighted by atomic mass is 9.67. The van der Waals surface area contributed by atoms with Gasteiger partial charge in [-0.15, -0.1) is 0 Å². The van der Waals surface area contributed by atoms with E-state index in [1.54, 1.807) is 13.3 Å². The van der Waals surface area contributed by atoms with Crippen molar-refractivity contribution in [3.05, 3.63) is 24.0 Å². The second-order valence-electron chi connectivity index (χ2n) is 5.90. The first-order chi connectivity index (χ1) is 7.97. The normalized spacial score (nSPS) is 27.8. The molecule has 1 aliphatic rings. The van der Waals surface area contributed by atoms with E-state index in [0.29, 0.717) is 0 Å². The van der Waals surface area contributed by atoms with Crippen LogP contribution in [0.1, 0.15) is 45.2 Å². The summed E-state index contributed by atoms with van der Waals surface area (Å²) in [6.07, 6.45) is 6.15. The van der Waals surface area contributed by atoms with Gasteiger partial charge in [0.2, 0.25) is 0 Å². The van der Waals surface area contributed by atoms with E-state index in [2.05, 4.69) is 18.8 Å². The van der Waals surface area contributed by atoms with E-state index in [1.807, 2.05) is 12.1 Å². The Labute approximate surface area is 103 Å². The van der Waals surface area contributed by atoms with Crippen molar-refractivity contribution in [2.45, 2.75) is 45.1 Å². The van der Waals surface area contributed by atoms with Crippen molar-refractivity contribution >= 4 is 0 Å². The number of ether oxygens (including phenoxy) is 1. The van der Waals surface area contributed by atoms with Gasteiger partial charge in [0.05, 0.1) is 12.6 Å². The molecule has 1 aromatic rings. The maximum atomic E-state index is 6.59. The lowest BCUT2D eigenvalue weighted by Gasteiger charge is -2.42. The Hall–Kier alpha value is -1.09. The minimum absolute atomic E-state index is 0.287. The summed E-state index contributed by atoms with van der Waals surface area (Å²) < 4.78 is 5.39. The SMILES string of the molecule is COc1cccnc1C1(N)CCCC(C)(C)C1. The molecule has 0 aromatic carbocycles. The van der Waals surface area contributed by atoms with Gasteiger partial charge in [-0.3, -0.25) is 4.98 Å². The standard InChI is InChI=1S/C14H22N2O/c1-13(2)7-5-8-14(15,10-13)12-11(17-3)6-4-9-16-12/h4,6,9H,5,7-8,10,15H2,1-3H3. The number of nitrogens with two attached hydrogens (primary N) is 1. The molecule has 1 saturated carbocycles. The van der Waals surface area contributed by atoms with Crippen LogP contribution in [0.3, 0.4) is 0 Å². The van der Waals surface area contributed by atoms with Crippen molar-refractivity contribution in [3.8, 4) is 5.75 Å². The predicted molar refractivity (Wildman–Crippen MR) is 68.9 cm³/mol. The van der Waals surface area contributed by atoms with E-state index < -0.39 is 0 Å². The summed E-state index contributed by atoms with van der Waals surface area (Å²) in [6, 6.07) is 3.83. The molecule has 2 rings (SSSR count). The van der Waals surface area contributed by atoms with Crippen LogP contribution in [0.5, 0.6) is 5.75 Å². The van der Waals surface area contributed by atoms with Gasteiger partial charge in [0.15, 0.2) is 0 Å². The van der Waals surface area contributed by atoms with Crippen LogP contribution in [-0.4, -0.2) is 12.1 Å². The fourth-order valence-corrected chi connectivity index (χ4v) is 3.04. The molecule has 0 bridgehead atoms. The number of aromatic nitrogens is 1. The molecule has 17 heavy (non-hydrogen) atoms. The van der Waals surface area contributed by atoms with Crippen molar-refractivity contribution < 1.29 is 4.74 Å². The summed E-state index contributed by atoms with van der Waals surface area (Å²) in [4.78, 5) is 4.46. The van der Waals surface area contributed by atoms with Gasteiger partial charge < -0.3 is 10.5 Å². The molecule has 0 aliphatic heterocycles. The number of pyridine rings is 1. The third-order valence-electron chi connectivity index (χ3n) is 3.73. The molecular formula is C14H22N2O. The molecule has 1 aromatic heterocycles. The third-order valence-corrected chi connectivity index (χ3v) is 3.73. The zero-order valence-corrected chi connectivity index (χ0v) is 11.0. The molecule has 1 heterocycles. The molecule has 1 atom stereocenters. The maximum absolute atomic E-state index is 6.59. The first kappa shape index (κ1) is 12.4. The maximum Gasteiger partial charge on any atom is 0.142 e. The Kier molecular flexibility index (Phi) is 3.13. The first-order valence-electron chi connectivity index (χ1n) is 6.25. The van der Waals surface area contributed by atoms with Gasteiger partial charge in [-0.05, 0) is 36.8 Å². The van der Waals surface area contributed by atoms with Gasteiger partial charge in [0.1, 0.15) is 11.4 Å². The molecule has 1 fully saturated rings. The lowest BCUT2D eigenvalue weighted by Crippen LogP contribution is -2.45. The fraction of sp³-hybridized carbons (Fsp3) is 0.643.